The highest BCUT2D eigenvalue weighted by atomic mass is 19.4. The number of rotatable bonds is 4. The third-order valence-corrected chi connectivity index (χ3v) is 2.38. The molecule has 1 aromatic rings. The zero-order valence-electron chi connectivity index (χ0n) is 10.0. The molecule has 0 heterocycles. The fraction of sp³-hybridized carbons (Fsp3) is 0.308. The molecular formula is C13H13F3O2. The van der Waals surface area contributed by atoms with Crippen LogP contribution < -0.4 is 4.74 Å². The van der Waals surface area contributed by atoms with Gasteiger partial charge in [-0.1, -0.05) is 25.1 Å². The number of para-hydroxylation sites is 1. The summed E-state index contributed by atoms with van der Waals surface area (Å²) >= 11 is 0. The summed E-state index contributed by atoms with van der Waals surface area (Å²) in [4.78, 5) is 12.0. The molecule has 0 bridgehead atoms. The number of carbonyl (C=O) groups is 1. The second-order valence-electron chi connectivity index (χ2n) is 3.54. The minimum atomic E-state index is -4.81. The Morgan fingerprint density at radius 2 is 1.94 bits per heavy atom. The fourth-order valence-corrected chi connectivity index (χ4v) is 1.54. The molecule has 0 atom stereocenters. The zero-order chi connectivity index (χ0) is 13.8. The lowest BCUT2D eigenvalue weighted by Crippen LogP contribution is -2.19. The Morgan fingerprint density at radius 1 is 1.33 bits per heavy atom. The molecule has 0 aliphatic rings. The number of hydrogen-bond donors (Lipinski definition) is 0. The van der Waals surface area contributed by atoms with Crippen molar-refractivity contribution in [3.63, 3.8) is 0 Å². The molecule has 0 aliphatic carbocycles. The van der Waals surface area contributed by atoms with Gasteiger partial charge in [-0.2, -0.15) is 0 Å². The van der Waals surface area contributed by atoms with Crippen molar-refractivity contribution in [3.05, 3.63) is 41.5 Å². The van der Waals surface area contributed by atoms with E-state index in [0.29, 0.717) is 12.0 Å². The molecule has 0 spiro atoms. The number of Topliss-reactive ketones (excluding diaryl/α,β-unsaturated/α-hetero) is 1. The van der Waals surface area contributed by atoms with Gasteiger partial charge in [-0.15, -0.1) is 13.2 Å². The number of ether oxygens (including phenoxy) is 1. The third-order valence-electron chi connectivity index (χ3n) is 2.38. The second-order valence-corrected chi connectivity index (χ2v) is 3.54. The molecule has 0 fully saturated rings. The maximum absolute atomic E-state index is 12.2. The van der Waals surface area contributed by atoms with Crippen LogP contribution in [0.1, 0.15) is 30.6 Å². The van der Waals surface area contributed by atoms with Gasteiger partial charge < -0.3 is 4.74 Å². The van der Waals surface area contributed by atoms with Crippen molar-refractivity contribution in [2.24, 2.45) is 0 Å². The minimum absolute atomic E-state index is 0.0789. The first kappa shape index (κ1) is 14.3. The van der Waals surface area contributed by atoms with Crippen molar-refractivity contribution in [2.75, 3.05) is 0 Å². The van der Waals surface area contributed by atoms with Crippen molar-refractivity contribution >= 4 is 5.78 Å². The average Bonchev–Trinajstić information content (AvgIpc) is 2.29. The van der Waals surface area contributed by atoms with E-state index in [9.17, 15) is 18.0 Å². The lowest BCUT2D eigenvalue weighted by molar-refractivity contribution is -0.274. The first-order valence-corrected chi connectivity index (χ1v) is 5.43. The van der Waals surface area contributed by atoms with Gasteiger partial charge in [-0.25, -0.2) is 0 Å². The Bertz CT molecular complexity index is 462. The van der Waals surface area contributed by atoms with Crippen LogP contribution >= 0.6 is 0 Å². The van der Waals surface area contributed by atoms with Crippen LogP contribution in [0, 0.1) is 0 Å². The molecule has 1 rings (SSSR count). The summed E-state index contributed by atoms with van der Waals surface area (Å²) in [5.41, 5.74) is 0.373. The maximum Gasteiger partial charge on any atom is 0.573 e. The molecule has 0 radical (unpaired) electrons. The molecule has 0 amide bonds. The highest BCUT2D eigenvalue weighted by Gasteiger charge is 2.32. The normalized spacial score (nSPS) is 12.4. The van der Waals surface area contributed by atoms with E-state index in [4.69, 9.17) is 0 Å². The van der Waals surface area contributed by atoms with Crippen molar-refractivity contribution < 1.29 is 22.7 Å². The summed E-state index contributed by atoms with van der Waals surface area (Å²) in [7, 11) is 0. The highest BCUT2D eigenvalue weighted by Crippen LogP contribution is 2.28. The van der Waals surface area contributed by atoms with Crippen LogP contribution in [0.2, 0.25) is 0 Å². The zero-order valence-corrected chi connectivity index (χ0v) is 10.0. The molecule has 1 aromatic carbocycles. The Kier molecular flexibility index (Phi) is 4.53. The van der Waals surface area contributed by atoms with Gasteiger partial charge in [0.25, 0.3) is 0 Å². The maximum atomic E-state index is 12.2. The van der Waals surface area contributed by atoms with E-state index in [1.807, 2.05) is 0 Å². The standard InChI is InChI=1S/C13H13F3O2/c1-3-9(4-2)12(17)10-7-5-6-8-11(10)18-13(14,15)16/h3,5-8H,4H2,1-2H3/b9-3-. The summed E-state index contributed by atoms with van der Waals surface area (Å²) in [6.07, 6.45) is -2.76. The molecule has 0 saturated heterocycles. The van der Waals surface area contributed by atoms with Gasteiger partial charge in [0.2, 0.25) is 0 Å². The summed E-state index contributed by atoms with van der Waals surface area (Å²) < 4.78 is 40.4. The second kappa shape index (κ2) is 5.71. The summed E-state index contributed by atoms with van der Waals surface area (Å²) in [5, 5.41) is 0. The van der Waals surface area contributed by atoms with E-state index < -0.39 is 17.9 Å². The van der Waals surface area contributed by atoms with Gasteiger partial charge in [-0.3, -0.25) is 4.79 Å². The highest BCUT2D eigenvalue weighted by molar-refractivity contribution is 6.10. The molecule has 0 N–H and O–H groups in total. The molecule has 18 heavy (non-hydrogen) atoms. The summed E-state index contributed by atoms with van der Waals surface area (Å²) in [6, 6.07) is 5.34. The van der Waals surface area contributed by atoms with Crippen molar-refractivity contribution in [1.82, 2.24) is 0 Å². The fourth-order valence-electron chi connectivity index (χ4n) is 1.54. The largest absolute Gasteiger partial charge is 0.573 e. The quantitative estimate of drug-likeness (QED) is 0.599. The third kappa shape index (κ3) is 3.61. The lowest BCUT2D eigenvalue weighted by Gasteiger charge is -2.13. The number of benzene rings is 1. The van der Waals surface area contributed by atoms with E-state index in [0.717, 1.165) is 6.07 Å². The van der Waals surface area contributed by atoms with E-state index in [-0.39, 0.29) is 5.56 Å². The molecule has 0 aliphatic heterocycles. The molecule has 0 aromatic heterocycles. The van der Waals surface area contributed by atoms with E-state index >= 15 is 0 Å². The number of allylic oxidation sites excluding steroid dienone is 2. The van der Waals surface area contributed by atoms with Crippen LogP contribution in [0.3, 0.4) is 0 Å². The van der Waals surface area contributed by atoms with Crippen LogP contribution in [0.5, 0.6) is 5.75 Å². The van der Waals surface area contributed by atoms with Gasteiger partial charge >= 0.3 is 6.36 Å². The van der Waals surface area contributed by atoms with Crippen LogP contribution in [0.25, 0.3) is 0 Å². The summed E-state index contributed by atoms with van der Waals surface area (Å²) in [5.74, 6) is -0.914. The Morgan fingerprint density at radius 3 is 2.44 bits per heavy atom. The van der Waals surface area contributed by atoms with Gasteiger partial charge in [0.1, 0.15) is 5.75 Å². The first-order chi connectivity index (χ1) is 8.39. The average molecular weight is 258 g/mol. The molecule has 0 saturated carbocycles. The van der Waals surface area contributed by atoms with Crippen LogP contribution in [0.15, 0.2) is 35.9 Å². The summed E-state index contributed by atoms with van der Waals surface area (Å²) in [6.45, 7) is 3.43. The van der Waals surface area contributed by atoms with Crippen molar-refractivity contribution in [1.29, 1.82) is 0 Å². The minimum Gasteiger partial charge on any atom is -0.405 e. The van der Waals surface area contributed by atoms with Crippen LogP contribution in [0.4, 0.5) is 13.2 Å². The topological polar surface area (TPSA) is 26.3 Å². The van der Waals surface area contributed by atoms with E-state index in [2.05, 4.69) is 4.74 Å². The van der Waals surface area contributed by atoms with Crippen LogP contribution in [-0.4, -0.2) is 12.1 Å². The first-order valence-electron chi connectivity index (χ1n) is 5.43. The number of halogens is 3. The molecule has 2 nitrogen and oxygen atoms in total. The Hall–Kier alpha value is -1.78. The molecule has 5 heteroatoms. The van der Waals surface area contributed by atoms with Gasteiger partial charge in [0, 0.05) is 0 Å². The predicted octanol–water partition coefficient (Wildman–Crippen LogP) is 4.12. The number of ketones is 1. The SMILES string of the molecule is C/C=C(/CC)C(=O)c1ccccc1OC(F)(F)F. The van der Waals surface area contributed by atoms with E-state index in [1.165, 1.54) is 18.2 Å². The monoisotopic (exact) mass is 258 g/mol. The Labute approximate surface area is 103 Å². The molecule has 0 unspecified atom stereocenters. The van der Waals surface area contributed by atoms with Crippen molar-refractivity contribution in [3.8, 4) is 5.75 Å². The van der Waals surface area contributed by atoms with Gasteiger partial charge in [-0.05, 0) is 31.1 Å². The molecule has 98 valence electrons. The van der Waals surface area contributed by atoms with E-state index in [1.54, 1.807) is 19.9 Å². The van der Waals surface area contributed by atoms with Crippen LogP contribution in [-0.2, 0) is 0 Å². The number of carbonyl (C=O) groups excluding carboxylic acids is 1. The van der Waals surface area contributed by atoms with Gasteiger partial charge in [0.15, 0.2) is 5.78 Å². The molecular weight excluding hydrogens is 245 g/mol. The van der Waals surface area contributed by atoms with Gasteiger partial charge in [0.05, 0.1) is 5.56 Å². The number of hydrogen-bond acceptors (Lipinski definition) is 2. The number of alkyl halides is 3. The van der Waals surface area contributed by atoms with Crippen molar-refractivity contribution in [2.45, 2.75) is 26.6 Å². The smallest absolute Gasteiger partial charge is 0.405 e. The Balaban J connectivity index is 3.13. The lowest BCUT2D eigenvalue weighted by atomic mass is 10.0. The predicted molar refractivity (Wildman–Crippen MR) is 61.5 cm³/mol.